The minimum Gasteiger partial charge on any atom is -0.495 e. The summed E-state index contributed by atoms with van der Waals surface area (Å²) in [4.78, 5) is 39.4. The Morgan fingerprint density at radius 3 is 2.14 bits per heavy atom. The number of carbonyl (C=O) groups is 3. The molecule has 1 aliphatic heterocycles. The van der Waals surface area contributed by atoms with Crippen molar-refractivity contribution < 1.29 is 23.9 Å². The van der Waals surface area contributed by atoms with Crippen molar-refractivity contribution in [3.05, 3.63) is 93.6 Å². The van der Waals surface area contributed by atoms with E-state index < -0.39 is 17.8 Å². The van der Waals surface area contributed by atoms with Crippen molar-refractivity contribution in [2.24, 2.45) is 0 Å². The number of hydrogen-bond donors (Lipinski definition) is 1. The van der Waals surface area contributed by atoms with Gasteiger partial charge < -0.3 is 14.8 Å². The van der Waals surface area contributed by atoms with Crippen LogP contribution in [0, 0.1) is 0 Å². The maximum Gasteiger partial charge on any atom is 0.343 e. The number of benzene rings is 3. The van der Waals surface area contributed by atoms with Crippen LogP contribution in [0.3, 0.4) is 0 Å². The number of rotatable bonds is 6. The number of amides is 2. The minimum absolute atomic E-state index is 0.00768. The van der Waals surface area contributed by atoms with Gasteiger partial charge >= 0.3 is 5.97 Å². The maximum atomic E-state index is 13.1. The summed E-state index contributed by atoms with van der Waals surface area (Å²) in [5, 5.41) is 2.91. The van der Waals surface area contributed by atoms with Crippen LogP contribution in [-0.4, -0.2) is 24.9 Å². The highest BCUT2D eigenvalue weighted by atomic mass is 35.5. The Morgan fingerprint density at radius 2 is 1.54 bits per heavy atom. The first-order valence-electron chi connectivity index (χ1n) is 11.3. The summed E-state index contributed by atoms with van der Waals surface area (Å²) in [6.07, 6.45) is 0. The molecule has 190 valence electrons. The Kier molecular flexibility index (Phi) is 7.30. The second kappa shape index (κ2) is 10.3. The van der Waals surface area contributed by atoms with Gasteiger partial charge in [0.05, 0.1) is 18.4 Å². The van der Waals surface area contributed by atoms with Crippen LogP contribution in [-0.2, 0) is 15.0 Å². The van der Waals surface area contributed by atoms with Crippen LogP contribution in [0.1, 0.15) is 36.7 Å². The van der Waals surface area contributed by atoms with E-state index in [2.05, 4.69) is 26.1 Å². The number of ether oxygens (including phenoxy) is 2. The molecule has 3 aromatic rings. The van der Waals surface area contributed by atoms with Crippen LogP contribution in [0.25, 0.3) is 0 Å². The molecule has 37 heavy (non-hydrogen) atoms. The van der Waals surface area contributed by atoms with Gasteiger partial charge in [-0.15, -0.1) is 0 Å². The van der Waals surface area contributed by atoms with Gasteiger partial charge in [-0.05, 0) is 65.6 Å². The zero-order valence-corrected chi connectivity index (χ0v) is 22.1. The number of nitrogens with zero attached hydrogens (tertiary/aromatic N) is 1. The van der Waals surface area contributed by atoms with E-state index in [1.807, 2.05) is 12.1 Å². The number of anilines is 2. The topological polar surface area (TPSA) is 84.9 Å². The standard InChI is InChI=1S/C28H24Cl2N2O5/c1-28(2,3)17-7-12-20(13-8-17)37-27(35)16-5-10-19(11-6-16)31-24-23(30)25(33)32(26(24)34)21-15-18(29)9-14-22(21)36-4/h5-15,31H,1-4H3. The molecule has 0 saturated carbocycles. The molecule has 1 heterocycles. The Morgan fingerprint density at radius 1 is 0.892 bits per heavy atom. The second-order valence-electron chi connectivity index (χ2n) is 9.32. The van der Waals surface area contributed by atoms with E-state index in [-0.39, 0.29) is 27.6 Å². The Balaban J connectivity index is 1.47. The van der Waals surface area contributed by atoms with Gasteiger partial charge in [0, 0.05) is 10.7 Å². The third-order valence-electron chi connectivity index (χ3n) is 5.73. The van der Waals surface area contributed by atoms with Gasteiger partial charge in [-0.1, -0.05) is 56.1 Å². The van der Waals surface area contributed by atoms with Crippen LogP contribution >= 0.6 is 23.2 Å². The second-order valence-corrected chi connectivity index (χ2v) is 10.1. The fraction of sp³-hybridized carbons (Fsp3) is 0.179. The molecule has 1 N–H and O–H groups in total. The molecule has 9 heteroatoms. The summed E-state index contributed by atoms with van der Waals surface area (Å²) >= 11 is 12.3. The molecule has 0 bridgehead atoms. The predicted octanol–water partition coefficient (Wildman–Crippen LogP) is 6.30. The molecule has 0 unspecified atom stereocenters. The van der Waals surface area contributed by atoms with Crippen molar-refractivity contribution in [1.29, 1.82) is 0 Å². The number of carbonyl (C=O) groups excluding carboxylic acids is 3. The zero-order valence-electron chi connectivity index (χ0n) is 20.6. The summed E-state index contributed by atoms with van der Waals surface area (Å²) in [6, 6.07) is 18.2. The quantitative estimate of drug-likeness (QED) is 0.225. The Bertz CT molecular complexity index is 1410. The molecular weight excluding hydrogens is 515 g/mol. The first-order chi connectivity index (χ1) is 17.5. The lowest BCUT2D eigenvalue weighted by atomic mass is 9.87. The fourth-order valence-electron chi connectivity index (χ4n) is 3.69. The predicted molar refractivity (Wildman–Crippen MR) is 144 cm³/mol. The molecule has 0 saturated heterocycles. The van der Waals surface area contributed by atoms with Gasteiger partial charge in [-0.25, -0.2) is 9.69 Å². The van der Waals surface area contributed by atoms with Gasteiger partial charge in [0.15, 0.2) is 0 Å². The molecule has 1 aliphatic rings. The van der Waals surface area contributed by atoms with E-state index >= 15 is 0 Å². The van der Waals surface area contributed by atoms with Crippen molar-refractivity contribution in [2.45, 2.75) is 26.2 Å². The van der Waals surface area contributed by atoms with E-state index in [0.29, 0.717) is 22.0 Å². The number of esters is 1. The number of hydrogen-bond acceptors (Lipinski definition) is 6. The van der Waals surface area contributed by atoms with Crippen molar-refractivity contribution in [2.75, 3.05) is 17.3 Å². The van der Waals surface area contributed by atoms with Crippen molar-refractivity contribution in [1.82, 2.24) is 0 Å². The van der Waals surface area contributed by atoms with Crippen LogP contribution in [0.15, 0.2) is 77.5 Å². The molecule has 3 aromatic carbocycles. The average molecular weight is 539 g/mol. The lowest BCUT2D eigenvalue weighted by molar-refractivity contribution is -0.120. The molecule has 0 aromatic heterocycles. The van der Waals surface area contributed by atoms with E-state index in [4.69, 9.17) is 32.7 Å². The van der Waals surface area contributed by atoms with E-state index in [9.17, 15) is 14.4 Å². The highest BCUT2D eigenvalue weighted by Gasteiger charge is 2.40. The highest BCUT2D eigenvalue weighted by molar-refractivity contribution is 6.53. The number of imide groups is 1. The zero-order chi connectivity index (χ0) is 26.9. The maximum absolute atomic E-state index is 13.1. The van der Waals surface area contributed by atoms with E-state index in [1.165, 1.54) is 13.2 Å². The average Bonchev–Trinajstić information content (AvgIpc) is 3.07. The largest absolute Gasteiger partial charge is 0.495 e. The minimum atomic E-state index is -0.715. The third-order valence-corrected chi connectivity index (χ3v) is 6.32. The molecule has 7 nitrogen and oxygen atoms in total. The van der Waals surface area contributed by atoms with Crippen molar-refractivity contribution in [3.8, 4) is 11.5 Å². The summed E-state index contributed by atoms with van der Waals surface area (Å²) < 4.78 is 10.7. The number of nitrogens with one attached hydrogen (secondary N) is 1. The summed E-state index contributed by atoms with van der Waals surface area (Å²) in [7, 11) is 1.42. The smallest absolute Gasteiger partial charge is 0.343 e. The lowest BCUT2D eigenvalue weighted by Crippen LogP contribution is -2.32. The normalized spacial score (nSPS) is 13.7. The van der Waals surface area contributed by atoms with Gasteiger partial charge in [0.1, 0.15) is 22.2 Å². The highest BCUT2D eigenvalue weighted by Crippen LogP contribution is 2.37. The van der Waals surface area contributed by atoms with Crippen molar-refractivity contribution in [3.63, 3.8) is 0 Å². The molecule has 0 spiro atoms. The van der Waals surface area contributed by atoms with Gasteiger partial charge in [-0.3, -0.25) is 9.59 Å². The third kappa shape index (κ3) is 5.48. The fourth-order valence-corrected chi connectivity index (χ4v) is 4.07. The molecule has 2 amide bonds. The molecule has 0 atom stereocenters. The first kappa shape index (κ1) is 26.3. The molecule has 0 aliphatic carbocycles. The number of methoxy groups -OCH3 is 1. The number of halogens is 2. The first-order valence-corrected chi connectivity index (χ1v) is 12.1. The Labute approximate surface area is 224 Å². The molecule has 0 radical (unpaired) electrons. The summed E-state index contributed by atoms with van der Waals surface area (Å²) in [5.41, 5.74) is 1.94. The van der Waals surface area contributed by atoms with Gasteiger partial charge in [0.25, 0.3) is 11.8 Å². The monoisotopic (exact) mass is 538 g/mol. The van der Waals surface area contributed by atoms with Gasteiger partial charge in [-0.2, -0.15) is 0 Å². The van der Waals surface area contributed by atoms with Crippen LogP contribution in [0.5, 0.6) is 11.5 Å². The summed E-state index contributed by atoms with van der Waals surface area (Å²) in [5.74, 6) is -1.19. The van der Waals surface area contributed by atoms with Crippen molar-refractivity contribution >= 4 is 52.4 Å². The van der Waals surface area contributed by atoms with Crippen LogP contribution in [0.2, 0.25) is 5.02 Å². The van der Waals surface area contributed by atoms with Crippen LogP contribution in [0.4, 0.5) is 11.4 Å². The molecule has 4 rings (SSSR count). The molecular formula is C28H24Cl2N2O5. The van der Waals surface area contributed by atoms with Gasteiger partial charge in [0.2, 0.25) is 0 Å². The SMILES string of the molecule is COc1ccc(Cl)cc1N1C(=O)C(Cl)=C(Nc2ccc(C(=O)Oc3ccc(C(C)(C)C)cc3)cc2)C1=O. The van der Waals surface area contributed by atoms with E-state index in [1.54, 1.807) is 48.5 Å². The Hall–Kier alpha value is -3.81. The van der Waals surface area contributed by atoms with Crippen LogP contribution < -0.4 is 19.7 Å². The van der Waals surface area contributed by atoms with E-state index in [0.717, 1.165) is 10.5 Å². The lowest BCUT2D eigenvalue weighted by Gasteiger charge is -2.19. The summed E-state index contributed by atoms with van der Waals surface area (Å²) in [6.45, 7) is 6.31. The molecule has 0 fully saturated rings.